The van der Waals surface area contributed by atoms with Gasteiger partial charge in [0.25, 0.3) is 0 Å². The maximum Gasteiger partial charge on any atom is 0.222 e. The second-order valence-electron chi connectivity index (χ2n) is 6.69. The summed E-state index contributed by atoms with van der Waals surface area (Å²) < 4.78 is 0. The van der Waals surface area contributed by atoms with Crippen molar-refractivity contribution in [3.05, 3.63) is 54.1 Å². The van der Waals surface area contributed by atoms with Gasteiger partial charge in [-0.25, -0.2) is 9.97 Å². The van der Waals surface area contributed by atoms with Crippen LogP contribution in [0.4, 0.5) is 17.3 Å². The molecule has 1 aromatic heterocycles. The highest BCUT2D eigenvalue weighted by molar-refractivity contribution is 6.03. The zero-order valence-electron chi connectivity index (χ0n) is 16.9. The molecule has 9 heteroatoms. The van der Waals surface area contributed by atoms with Crippen LogP contribution < -0.4 is 20.4 Å². The topological polar surface area (TPSA) is 114 Å². The lowest BCUT2D eigenvalue weighted by Crippen LogP contribution is -2.30. The minimum atomic E-state index is -0.357. The predicted molar refractivity (Wildman–Crippen MR) is 114 cm³/mol. The number of fused-ring (bicyclic) bond motifs is 1. The fourth-order valence-corrected chi connectivity index (χ4v) is 3.26. The Bertz CT molecular complexity index is 967. The van der Waals surface area contributed by atoms with E-state index in [1.54, 1.807) is 18.5 Å². The van der Waals surface area contributed by atoms with Crippen molar-refractivity contribution in [2.75, 3.05) is 42.3 Å². The molecule has 0 aliphatic carbocycles. The van der Waals surface area contributed by atoms with Crippen molar-refractivity contribution in [1.82, 2.24) is 15.3 Å². The van der Waals surface area contributed by atoms with Gasteiger partial charge in [0, 0.05) is 52.4 Å². The Morgan fingerprint density at radius 2 is 1.63 bits per heavy atom. The molecule has 9 nitrogen and oxygen atoms in total. The van der Waals surface area contributed by atoms with Crippen LogP contribution in [-0.2, 0) is 9.59 Å². The van der Waals surface area contributed by atoms with Gasteiger partial charge < -0.3 is 20.4 Å². The van der Waals surface area contributed by atoms with Crippen LogP contribution >= 0.6 is 0 Å². The number of para-hydroxylation sites is 2. The van der Waals surface area contributed by atoms with Crippen LogP contribution in [0.5, 0.6) is 0 Å². The SMILES string of the molecule is CN1C(=C(C#N)C(=O)CCC(=O)NCCNc2ncccn2)N(C)c2ccccc21. The molecule has 1 aliphatic heterocycles. The van der Waals surface area contributed by atoms with Gasteiger partial charge in [0.15, 0.2) is 5.78 Å². The third-order valence-corrected chi connectivity index (χ3v) is 4.73. The summed E-state index contributed by atoms with van der Waals surface area (Å²) in [5.74, 6) is 0.400. The Morgan fingerprint density at radius 1 is 1.00 bits per heavy atom. The molecule has 0 bridgehead atoms. The average molecular weight is 405 g/mol. The summed E-state index contributed by atoms with van der Waals surface area (Å²) in [5, 5.41) is 15.3. The highest BCUT2D eigenvalue weighted by atomic mass is 16.2. The van der Waals surface area contributed by atoms with E-state index in [1.165, 1.54) is 0 Å². The molecule has 2 heterocycles. The van der Waals surface area contributed by atoms with Crippen LogP contribution in [0.25, 0.3) is 0 Å². The molecule has 0 spiro atoms. The number of carbonyl (C=O) groups is 2. The first kappa shape index (κ1) is 20.8. The van der Waals surface area contributed by atoms with E-state index in [9.17, 15) is 14.9 Å². The fraction of sp³-hybridized carbons (Fsp3) is 0.286. The standard InChI is InChI=1S/C21H23N7O2/c1-27-16-6-3-4-7-17(16)28(2)20(27)15(14-22)18(29)8-9-19(30)23-12-13-26-21-24-10-5-11-25-21/h3-7,10-11H,8-9,12-13H2,1-2H3,(H,23,30)(H,24,25,26). The summed E-state index contributed by atoms with van der Waals surface area (Å²) in [4.78, 5) is 36.4. The van der Waals surface area contributed by atoms with Crippen molar-refractivity contribution in [2.24, 2.45) is 0 Å². The van der Waals surface area contributed by atoms with Crippen LogP contribution in [0, 0.1) is 11.3 Å². The van der Waals surface area contributed by atoms with Gasteiger partial charge in [0.2, 0.25) is 11.9 Å². The number of nitrogens with zero attached hydrogens (tertiary/aromatic N) is 5. The summed E-state index contributed by atoms with van der Waals surface area (Å²) in [6, 6.07) is 11.4. The summed E-state index contributed by atoms with van der Waals surface area (Å²) >= 11 is 0. The number of rotatable bonds is 8. The van der Waals surface area contributed by atoms with Gasteiger partial charge in [0.1, 0.15) is 17.5 Å². The molecular formula is C21H23N7O2. The Hall–Kier alpha value is -3.93. The van der Waals surface area contributed by atoms with E-state index in [0.29, 0.717) is 24.9 Å². The Balaban J connectivity index is 1.53. The third kappa shape index (κ3) is 4.55. The first-order valence-corrected chi connectivity index (χ1v) is 9.54. The summed E-state index contributed by atoms with van der Waals surface area (Å²) in [5.41, 5.74) is 1.89. The van der Waals surface area contributed by atoms with Gasteiger partial charge in [0.05, 0.1) is 11.4 Å². The number of amides is 1. The van der Waals surface area contributed by atoms with Gasteiger partial charge in [-0.1, -0.05) is 12.1 Å². The number of anilines is 3. The molecule has 0 atom stereocenters. The molecule has 2 N–H and O–H groups in total. The number of allylic oxidation sites excluding steroid dienone is 1. The van der Waals surface area contributed by atoms with E-state index < -0.39 is 0 Å². The number of Topliss-reactive ketones (excluding diaryl/α,β-unsaturated/α-hetero) is 1. The smallest absolute Gasteiger partial charge is 0.222 e. The van der Waals surface area contributed by atoms with E-state index in [-0.39, 0.29) is 30.1 Å². The number of ketones is 1. The van der Waals surface area contributed by atoms with Gasteiger partial charge in [-0.15, -0.1) is 0 Å². The molecule has 0 fully saturated rings. The quantitative estimate of drug-likeness (QED) is 0.387. The lowest BCUT2D eigenvalue weighted by atomic mass is 10.1. The van der Waals surface area contributed by atoms with E-state index in [2.05, 4.69) is 20.6 Å². The summed E-state index contributed by atoms with van der Waals surface area (Å²) in [7, 11) is 3.64. The van der Waals surface area contributed by atoms with Crippen molar-refractivity contribution in [2.45, 2.75) is 12.8 Å². The zero-order valence-corrected chi connectivity index (χ0v) is 16.9. The molecule has 0 unspecified atom stereocenters. The summed E-state index contributed by atoms with van der Waals surface area (Å²) in [6.07, 6.45) is 3.22. The average Bonchev–Trinajstić information content (AvgIpc) is 3.02. The number of hydrogen-bond donors (Lipinski definition) is 2. The van der Waals surface area contributed by atoms with Crippen LogP contribution in [0.1, 0.15) is 12.8 Å². The van der Waals surface area contributed by atoms with Crippen molar-refractivity contribution in [3.63, 3.8) is 0 Å². The van der Waals surface area contributed by atoms with E-state index in [4.69, 9.17) is 0 Å². The molecule has 0 radical (unpaired) electrons. The molecular weight excluding hydrogens is 382 g/mol. The Morgan fingerprint density at radius 3 is 2.23 bits per heavy atom. The number of benzene rings is 1. The zero-order chi connectivity index (χ0) is 21.5. The van der Waals surface area contributed by atoms with Gasteiger partial charge in [-0.2, -0.15) is 5.26 Å². The first-order chi connectivity index (χ1) is 14.5. The molecule has 154 valence electrons. The number of nitriles is 1. The lowest BCUT2D eigenvalue weighted by molar-refractivity contribution is -0.124. The largest absolute Gasteiger partial charge is 0.354 e. The van der Waals surface area contributed by atoms with E-state index in [0.717, 1.165) is 11.4 Å². The lowest BCUT2D eigenvalue weighted by Gasteiger charge is -2.19. The van der Waals surface area contributed by atoms with Crippen molar-refractivity contribution in [1.29, 1.82) is 5.26 Å². The van der Waals surface area contributed by atoms with Crippen LogP contribution in [0.3, 0.4) is 0 Å². The highest BCUT2D eigenvalue weighted by Crippen LogP contribution is 2.40. The second-order valence-corrected chi connectivity index (χ2v) is 6.69. The maximum atomic E-state index is 12.7. The van der Waals surface area contributed by atoms with Gasteiger partial charge in [-0.05, 0) is 18.2 Å². The molecule has 0 saturated carbocycles. The Labute approximate surface area is 175 Å². The highest BCUT2D eigenvalue weighted by Gasteiger charge is 2.31. The van der Waals surface area contributed by atoms with Crippen molar-refractivity contribution >= 4 is 29.0 Å². The molecule has 0 saturated heterocycles. The molecule has 1 aromatic carbocycles. The molecule has 2 aromatic rings. The number of hydrogen-bond acceptors (Lipinski definition) is 8. The van der Waals surface area contributed by atoms with E-state index in [1.807, 2.05) is 54.2 Å². The first-order valence-electron chi connectivity index (χ1n) is 9.54. The number of nitrogens with one attached hydrogen (secondary N) is 2. The number of aromatic nitrogens is 2. The van der Waals surface area contributed by atoms with Crippen molar-refractivity contribution in [3.8, 4) is 6.07 Å². The predicted octanol–water partition coefficient (Wildman–Crippen LogP) is 1.68. The second kappa shape index (κ2) is 9.52. The Kier molecular flexibility index (Phi) is 6.60. The van der Waals surface area contributed by atoms with E-state index >= 15 is 0 Å². The monoisotopic (exact) mass is 405 g/mol. The fourth-order valence-electron chi connectivity index (χ4n) is 3.26. The molecule has 1 aliphatic rings. The van der Waals surface area contributed by atoms with Gasteiger partial charge in [-0.3, -0.25) is 9.59 Å². The van der Waals surface area contributed by atoms with Gasteiger partial charge >= 0.3 is 0 Å². The number of carbonyl (C=O) groups excluding carboxylic acids is 2. The van der Waals surface area contributed by atoms with Crippen LogP contribution in [-0.4, -0.2) is 48.8 Å². The van der Waals surface area contributed by atoms with Crippen LogP contribution in [0.2, 0.25) is 0 Å². The minimum Gasteiger partial charge on any atom is -0.354 e. The maximum absolute atomic E-state index is 12.7. The minimum absolute atomic E-state index is 0.0134. The molecule has 1 amide bonds. The normalized spacial score (nSPS) is 12.2. The van der Waals surface area contributed by atoms with Crippen molar-refractivity contribution < 1.29 is 9.59 Å². The summed E-state index contributed by atoms with van der Waals surface area (Å²) in [6.45, 7) is 0.837. The third-order valence-electron chi connectivity index (χ3n) is 4.73. The molecule has 30 heavy (non-hydrogen) atoms. The molecule has 3 rings (SSSR count). The van der Waals surface area contributed by atoms with Crippen LogP contribution in [0.15, 0.2) is 54.1 Å².